The first-order valence-electron chi connectivity index (χ1n) is 7.31. The average Bonchev–Trinajstić information content (AvgIpc) is 2.29. The van der Waals surface area contributed by atoms with Gasteiger partial charge in [0.05, 0.1) is 12.0 Å². The second-order valence-corrected chi connectivity index (χ2v) is 5.85. The molecule has 1 N–H and O–H groups in total. The number of carboxylic acid groups (broad SMARTS) is 1. The van der Waals surface area contributed by atoms with Crippen molar-refractivity contribution in [1.29, 1.82) is 0 Å². The van der Waals surface area contributed by atoms with Crippen LogP contribution in [-0.4, -0.2) is 59.5 Å². The van der Waals surface area contributed by atoms with Gasteiger partial charge in [0.2, 0.25) is 5.91 Å². The van der Waals surface area contributed by atoms with Crippen LogP contribution in [0.3, 0.4) is 0 Å². The van der Waals surface area contributed by atoms with E-state index in [2.05, 4.69) is 4.90 Å². The van der Waals surface area contributed by atoms with Crippen molar-refractivity contribution in [2.45, 2.75) is 39.0 Å². The zero-order chi connectivity index (χ0) is 13.9. The van der Waals surface area contributed by atoms with Crippen molar-refractivity contribution in [1.82, 2.24) is 9.80 Å². The second-order valence-electron chi connectivity index (χ2n) is 5.85. The highest BCUT2D eigenvalue weighted by Crippen LogP contribution is 2.36. The fourth-order valence-corrected chi connectivity index (χ4v) is 3.05. The van der Waals surface area contributed by atoms with Crippen LogP contribution in [0.2, 0.25) is 0 Å². The Hall–Kier alpha value is -1.10. The summed E-state index contributed by atoms with van der Waals surface area (Å²) in [7, 11) is 0. The normalized spacial score (nSPS) is 22.9. The molecule has 2 aliphatic rings. The van der Waals surface area contributed by atoms with Crippen molar-refractivity contribution < 1.29 is 14.7 Å². The van der Waals surface area contributed by atoms with Crippen LogP contribution in [0.15, 0.2) is 0 Å². The van der Waals surface area contributed by atoms with Gasteiger partial charge in [0.1, 0.15) is 0 Å². The molecule has 0 bridgehead atoms. The summed E-state index contributed by atoms with van der Waals surface area (Å²) in [5.41, 5.74) is -0.551. The molecule has 0 radical (unpaired) electrons. The van der Waals surface area contributed by atoms with Gasteiger partial charge in [0, 0.05) is 13.1 Å². The van der Waals surface area contributed by atoms with E-state index in [1.165, 1.54) is 0 Å². The summed E-state index contributed by atoms with van der Waals surface area (Å²) < 4.78 is 0. The highest BCUT2D eigenvalue weighted by Gasteiger charge is 2.41. The molecule has 2 fully saturated rings. The van der Waals surface area contributed by atoms with Gasteiger partial charge < -0.3 is 10.0 Å². The van der Waals surface area contributed by atoms with E-state index in [1.54, 1.807) is 0 Å². The predicted molar refractivity (Wildman–Crippen MR) is 71.8 cm³/mol. The van der Waals surface area contributed by atoms with E-state index >= 15 is 0 Å². The number of likely N-dealkylation sites (tertiary alicyclic amines) is 2. The van der Waals surface area contributed by atoms with Crippen LogP contribution in [0.5, 0.6) is 0 Å². The first-order chi connectivity index (χ1) is 9.07. The molecule has 0 spiro atoms. The highest BCUT2D eigenvalue weighted by molar-refractivity contribution is 5.79. The molecule has 0 saturated carbocycles. The van der Waals surface area contributed by atoms with Crippen LogP contribution in [0.4, 0.5) is 0 Å². The molecule has 108 valence electrons. The van der Waals surface area contributed by atoms with E-state index in [9.17, 15) is 14.7 Å². The van der Waals surface area contributed by atoms with Crippen molar-refractivity contribution in [3.05, 3.63) is 0 Å². The minimum absolute atomic E-state index is 0.199. The molecular formula is C14H24N2O3. The number of aliphatic carboxylic acids is 1. The standard InChI is InChI=1S/C14H24N2O3/c1-2-4-14(13(18)19)5-9-15(10-6-14)11-12(17)16-7-3-8-16/h2-11H2,1H3,(H,18,19). The molecule has 2 aliphatic heterocycles. The topological polar surface area (TPSA) is 60.9 Å². The summed E-state index contributed by atoms with van der Waals surface area (Å²) in [5, 5.41) is 9.43. The van der Waals surface area contributed by atoms with Crippen LogP contribution in [0.25, 0.3) is 0 Å². The number of hydrogen-bond donors (Lipinski definition) is 1. The van der Waals surface area contributed by atoms with Gasteiger partial charge in [-0.2, -0.15) is 0 Å². The van der Waals surface area contributed by atoms with Gasteiger partial charge in [-0.25, -0.2) is 0 Å². The maximum Gasteiger partial charge on any atom is 0.309 e. The van der Waals surface area contributed by atoms with Crippen LogP contribution >= 0.6 is 0 Å². The van der Waals surface area contributed by atoms with E-state index in [1.807, 2.05) is 11.8 Å². The number of amides is 1. The van der Waals surface area contributed by atoms with Crippen LogP contribution in [-0.2, 0) is 9.59 Å². The van der Waals surface area contributed by atoms with E-state index in [4.69, 9.17) is 0 Å². The number of carboxylic acids is 1. The maximum atomic E-state index is 11.9. The Morgan fingerprint density at radius 1 is 1.16 bits per heavy atom. The molecule has 1 amide bonds. The Labute approximate surface area is 114 Å². The first-order valence-corrected chi connectivity index (χ1v) is 7.31. The number of nitrogens with zero attached hydrogens (tertiary/aromatic N) is 2. The molecule has 0 aromatic carbocycles. The van der Waals surface area contributed by atoms with Crippen molar-refractivity contribution >= 4 is 11.9 Å². The lowest BCUT2D eigenvalue weighted by Gasteiger charge is -2.40. The summed E-state index contributed by atoms with van der Waals surface area (Å²) in [6, 6.07) is 0. The fourth-order valence-electron chi connectivity index (χ4n) is 3.05. The highest BCUT2D eigenvalue weighted by atomic mass is 16.4. The molecule has 2 saturated heterocycles. The lowest BCUT2D eigenvalue weighted by Crippen LogP contribution is -2.50. The van der Waals surface area contributed by atoms with Crippen molar-refractivity contribution in [3.63, 3.8) is 0 Å². The molecule has 0 aromatic rings. The third kappa shape index (κ3) is 3.08. The number of carbonyl (C=O) groups excluding carboxylic acids is 1. The molecule has 5 nitrogen and oxygen atoms in total. The van der Waals surface area contributed by atoms with Gasteiger partial charge in [-0.15, -0.1) is 0 Å². The second kappa shape index (κ2) is 5.90. The van der Waals surface area contributed by atoms with E-state index in [-0.39, 0.29) is 5.91 Å². The smallest absolute Gasteiger partial charge is 0.309 e. The summed E-state index contributed by atoms with van der Waals surface area (Å²) in [5.74, 6) is -0.465. The van der Waals surface area contributed by atoms with E-state index in [0.29, 0.717) is 19.4 Å². The zero-order valence-electron chi connectivity index (χ0n) is 11.7. The number of hydrogen-bond acceptors (Lipinski definition) is 3. The number of piperidine rings is 1. The monoisotopic (exact) mass is 268 g/mol. The quantitative estimate of drug-likeness (QED) is 0.813. The Morgan fingerprint density at radius 3 is 2.21 bits per heavy atom. The predicted octanol–water partition coefficient (Wildman–Crippen LogP) is 1.19. The molecule has 0 aliphatic carbocycles. The molecule has 2 rings (SSSR count). The van der Waals surface area contributed by atoms with Crippen molar-refractivity contribution in [2.75, 3.05) is 32.7 Å². The summed E-state index contributed by atoms with van der Waals surface area (Å²) in [4.78, 5) is 27.3. The van der Waals surface area contributed by atoms with Gasteiger partial charge >= 0.3 is 5.97 Å². The fraction of sp³-hybridized carbons (Fsp3) is 0.857. The summed E-state index contributed by atoms with van der Waals surface area (Å²) in [6.07, 6.45) is 4.10. The third-order valence-corrected chi connectivity index (χ3v) is 4.56. The summed E-state index contributed by atoms with van der Waals surface area (Å²) >= 11 is 0. The molecule has 2 heterocycles. The van der Waals surface area contributed by atoms with Gasteiger partial charge in [0.25, 0.3) is 0 Å². The Balaban J connectivity index is 1.83. The Kier molecular flexibility index (Phi) is 4.45. The van der Waals surface area contributed by atoms with Crippen molar-refractivity contribution in [3.8, 4) is 0 Å². The average molecular weight is 268 g/mol. The number of carbonyl (C=O) groups is 2. The first kappa shape index (κ1) is 14.3. The van der Waals surface area contributed by atoms with Gasteiger partial charge in [-0.05, 0) is 38.8 Å². The van der Waals surface area contributed by atoms with E-state index in [0.717, 1.165) is 45.4 Å². The lowest BCUT2D eigenvalue weighted by molar-refractivity contribution is -0.153. The Morgan fingerprint density at radius 2 is 1.79 bits per heavy atom. The minimum Gasteiger partial charge on any atom is -0.481 e. The molecule has 0 aromatic heterocycles. The van der Waals surface area contributed by atoms with Crippen LogP contribution in [0.1, 0.15) is 39.0 Å². The summed E-state index contributed by atoms with van der Waals surface area (Å²) in [6.45, 7) is 5.73. The molecule has 19 heavy (non-hydrogen) atoms. The van der Waals surface area contributed by atoms with Gasteiger partial charge in [0.15, 0.2) is 0 Å². The molecule has 0 unspecified atom stereocenters. The van der Waals surface area contributed by atoms with Gasteiger partial charge in [-0.3, -0.25) is 14.5 Å². The zero-order valence-corrected chi connectivity index (χ0v) is 11.7. The molecule has 0 atom stereocenters. The largest absolute Gasteiger partial charge is 0.481 e. The van der Waals surface area contributed by atoms with Gasteiger partial charge in [-0.1, -0.05) is 13.3 Å². The van der Waals surface area contributed by atoms with E-state index < -0.39 is 11.4 Å². The minimum atomic E-state index is -0.664. The Bertz CT molecular complexity index is 345. The van der Waals surface area contributed by atoms with Crippen LogP contribution in [0, 0.1) is 5.41 Å². The number of rotatable bonds is 5. The van der Waals surface area contributed by atoms with Crippen molar-refractivity contribution in [2.24, 2.45) is 5.41 Å². The molecule has 5 heteroatoms. The third-order valence-electron chi connectivity index (χ3n) is 4.56. The molecular weight excluding hydrogens is 244 g/mol. The SMILES string of the molecule is CCCC1(C(=O)O)CCN(CC(=O)N2CCC2)CC1. The lowest BCUT2D eigenvalue weighted by atomic mass is 9.75. The van der Waals surface area contributed by atoms with Crippen LogP contribution < -0.4 is 0 Å². The maximum absolute atomic E-state index is 11.9.